The first-order valence-electron chi connectivity index (χ1n) is 9.47. The zero-order chi connectivity index (χ0) is 21.0. The highest BCUT2D eigenvalue weighted by molar-refractivity contribution is 7.88. The maximum Gasteiger partial charge on any atom is 0.228 e. The predicted molar refractivity (Wildman–Crippen MR) is 115 cm³/mol. The maximum absolute atomic E-state index is 12.9. The number of benzene rings is 2. The quantitative estimate of drug-likeness (QED) is 0.746. The van der Waals surface area contributed by atoms with Gasteiger partial charge in [0, 0.05) is 18.1 Å². The number of sulfonamides is 1. The Bertz CT molecular complexity index is 994. The third kappa shape index (κ3) is 5.29. The number of anilines is 1. The molecule has 0 bridgehead atoms. The van der Waals surface area contributed by atoms with Gasteiger partial charge in [-0.3, -0.25) is 4.79 Å². The average Bonchev–Trinajstić information content (AvgIpc) is 2.70. The van der Waals surface area contributed by atoms with Crippen LogP contribution in [0.1, 0.15) is 24.0 Å². The van der Waals surface area contributed by atoms with E-state index in [4.69, 9.17) is 16.3 Å². The topological polar surface area (TPSA) is 75.7 Å². The van der Waals surface area contributed by atoms with Crippen molar-refractivity contribution in [3.8, 4) is 5.75 Å². The summed E-state index contributed by atoms with van der Waals surface area (Å²) in [5.74, 6) is -0.223. The summed E-state index contributed by atoms with van der Waals surface area (Å²) in [7, 11) is -2.00. The third-order valence-electron chi connectivity index (χ3n) is 5.17. The van der Waals surface area contributed by atoms with Crippen LogP contribution in [0.5, 0.6) is 5.75 Å². The lowest BCUT2D eigenvalue weighted by Gasteiger charge is -2.31. The van der Waals surface area contributed by atoms with Gasteiger partial charge in [-0.25, -0.2) is 12.7 Å². The summed E-state index contributed by atoms with van der Waals surface area (Å²) in [6.07, 6.45) is 1.27. The third-order valence-corrected chi connectivity index (χ3v) is 7.20. The van der Waals surface area contributed by atoms with E-state index in [1.165, 1.54) is 11.4 Å². The molecule has 0 unspecified atom stereocenters. The van der Waals surface area contributed by atoms with Crippen LogP contribution < -0.4 is 10.1 Å². The Balaban J connectivity index is 1.71. The van der Waals surface area contributed by atoms with Crippen molar-refractivity contribution in [2.24, 2.45) is 5.92 Å². The van der Waals surface area contributed by atoms with Crippen molar-refractivity contribution in [1.29, 1.82) is 0 Å². The molecule has 8 heteroatoms. The largest absolute Gasteiger partial charge is 0.495 e. The van der Waals surface area contributed by atoms with Gasteiger partial charge in [0.25, 0.3) is 0 Å². The molecule has 3 rings (SSSR count). The van der Waals surface area contributed by atoms with Crippen molar-refractivity contribution in [3.63, 3.8) is 0 Å². The summed E-state index contributed by atoms with van der Waals surface area (Å²) in [5, 5.41) is 3.31. The molecule has 1 saturated heterocycles. The summed E-state index contributed by atoms with van der Waals surface area (Å²) in [6.45, 7) is 2.50. The maximum atomic E-state index is 12.9. The van der Waals surface area contributed by atoms with Crippen LogP contribution in [0.25, 0.3) is 0 Å². The number of piperidine rings is 1. The Labute approximate surface area is 176 Å². The van der Waals surface area contributed by atoms with E-state index in [0.29, 0.717) is 35.8 Å². The summed E-state index contributed by atoms with van der Waals surface area (Å²) >= 11 is 6.02. The van der Waals surface area contributed by atoms with Crippen LogP contribution in [-0.2, 0) is 20.6 Å². The van der Waals surface area contributed by atoms with Gasteiger partial charge < -0.3 is 10.1 Å². The van der Waals surface area contributed by atoms with Crippen LogP contribution in [0.15, 0.2) is 42.5 Å². The highest BCUT2D eigenvalue weighted by Gasteiger charge is 2.33. The zero-order valence-electron chi connectivity index (χ0n) is 16.5. The Morgan fingerprint density at radius 2 is 2.03 bits per heavy atom. The van der Waals surface area contributed by atoms with Crippen molar-refractivity contribution in [3.05, 3.63) is 58.6 Å². The monoisotopic (exact) mass is 436 g/mol. The van der Waals surface area contributed by atoms with E-state index in [1.807, 2.05) is 31.2 Å². The van der Waals surface area contributed by atoms with Crippen molar-refractivity contribution in [2.45, 2.75) is 25.5 Å². The van der Waals surface area contributed by atoms with Gasteiger partial charge in [-0.15, -0.1) is 0 Å². The van der Waals surface area contributed by atoms with Crippen molar-refractivity contribution < 1.29 is 17.9 Å². The fraction of sp³-hybridized carbons (Fsp3) is 0.381. The van der Waals surface area contributed by atoms with Gasteiger partial charge in [-0.1, -0.05) is 35.9 Å². The molecule has 2 aromatic carbocycles. The molecule has 0 aromatic heterocycles. The van der Waals surface area contributed by atoms with Gasteiger partial charge in [-0.05, 0) is 49.1 Å². The molecule has 1 atom stereocenters. The second-order valence-electron chi connectivity index (χ2n) is 7.21. The molecule has 1 N–H and O–H groups in total. The van der Waals surface area contributed by atoms with Crippen LogP contribution in [0, 0.1) is 12.8 Å². The van der Waals surface area contributed by atoms with Crippen LogP contribution in [-0.4, -0.2) is 38.8 Å². The first kappa shape index (κ1) is 21.6. The fourth-order valence-corrected chi connectivity index (χ4v) is 5.37. The summed E-state index contributed by atoms with van der Waals surface area (Å²) in [6, 6.07) is 12.4. The standard InChI is InChI=1S/C21H25ClN2O4S/c1-15-6-3-4-7-17(15)14-29(26,27)24-11-5-8-16(13-24)21(25)23-19-12-18(22)9-10-20(19)28-2/h3-4,6-7,9-10,12,16H,5,8,11,13-14H2,1-2H3,(H,23,25)/t16-/m1/s1. The smallest absolute Gasteiger partial charge is 0.228 e. The SMILES string of the molecule is COc1ccc(Cl)cc1NC(=O)[C@@H]1CCCN(S(=O)(=O)Cc2ccccc2C)C1. The van der Waals surface area contributed by atoms with Crippen molar-refractivity contribution >= 4 is 33.2 Å². The molecular formula is C21H25ClN2O4S. The summed E-state index contributed by atoms with van der Waals surface area (Å²) in [4.78, 5) is 12.8. The number of amides is 1. The Hall–Kier alpha value is -2.09. The van der Waals surface area contributed by atoms with Gasteiger partial charge in [-0.2, -0.15) is 0 Å². The van der Waals surface area contributed by atoms with Gasteiger partial charge in [0.15, 0.2) is 0 Å². The van der Waals surface area contributed by atoms with Gasteiger partial charge in [0.1, 0.15) is 5.75 Å². The second-order valence-corrected chi connectivity index (χ2v) is 9.62. The molecule has 1 amide bonds. The van der Waals surface area contributed by atoms with Gasteiger partial charge >= 0.3 is 0 Å². The number of methoxy groups -OCH3 is 1. The number of aryl methyl sites for hydroxylation is 1. The summed E-state index contributed by atoms with van der Waals surface area (Å²) < 4.78 is 32.6. The highest BCUT2D eigenvalue weighted by atomic mass is 35.5. The fourth-order valence-electron chi connectivity index (χ4n) is 3.48. The number of halogens is 1. The first-order valence-corrected chi connectivity index (χ1v) is 11.5. The molecule has 1 heterocycles. The van der Waals surface area contributed by atoms with E-state index >= 15 is 0 Å². The first-order chi connectivity index (χ1) is 13.8. The highest BCUT2D eigenvalue weighted by Crippen LogP contribution is 2.29. The minimum absolute atomic E-state index is 0.0594. The zero-order valence-corrected chi connectivity index (χ0v) is 18.1. The molecule has 0 radical (unpaired) electrons. The minimum atomic E-state index is -3.51. The van der Waals surface area contributed by atoms with Crippen molar-refractivity contribution in [2.75, 3.05) is 25.5 Å². The van der Waals surface area contributed by atoms with Crippen LogP contribution in [0.3, 0.4) is 0 Å². The molecule has 0 spiro atoms. The number of ether oxygens (including phenoxy) is 1. The Morgan fingerprint density at radius 1 is 1.28 bits per heavy atom. The molecule has 0 saturated carbocycles. The molecule has 0 aliphatic carbocycles. The van der Waals surface area contributed by atoms with Crippen LogP contribution in [0.4, 0.5) is 5.69 Å². The van der Waals surface area contributed by atoms with E-state index in [-0.39, 0.29) is 18.2 Å². The number of nitrogens with one attached hydrogen (secondary N) is 1. The normalized spacial score (nSPS) is 17.7. The van der Waals surface area contributed by atoms with E-state index in [2.05, 4.69) is 5.32 Å². The van der Waals surface area contributed by atoms with Crippen molar-refractivity contribution in [1.82, 2.24) is 4.31 Å². The minimum Gasteiger partial charge on any atom is -0.495 e. The van der Waals surface area contributed by atoms with Crippen LogP contribution >= 0.6 is 11.6 Å². The molecule has 6 nitrogen and oxygen atoms in total. The molecule has 156 valence electrons. The Kier molecular flexibility index (Phi) is 6.82. The average molecular weight is 437 g/mol. The lowest BCUT2D eigenvalue weighted by atomic mass is 9.98. The molecule has 1 aliphatic heterocycles. The van der Waals surface area contributed by atoms with E-state index < -0.39 is 15.9 Å². The number of carbonyl (C=O) groups excluding carboxylic acids is 1. The lowest BCUT2D eigenvalue weighted by Crippen LogP contribution is -2.44. The number of hydrogen-bond acceptors (Lipinski definition) is 4. The van der Waals surface area contributed by atoms with Gasteiger partial charge in [0.2, 0.25) is 15.9 Å². The number of nitrogens with zero attached hydrogens (tertiary/aromatic N) is 1. The predicted octanol–water partition coefficient (Wildman–Crippen LogP) is 3.84. The molecule has 2 aromatic rings. The number of rotatable bonds is 6. The number of hydrogen-bond donors (Lipinski definition) is 1. The molecule has 29 heavy (non-hydrogen) atoms. The van der Waals surface area contributed by atoms with E-state index in [9.17, 15) is 13.2 Å². The van der Waals surface area contributed by atoms with Gasteiger partial charge in [0.05, 0.1) is 24.5 Å². The van der Waals surface area contributed by atoms with Crippen LogP contribution in [0.2, 0.25) is 5.02 Å². The second kappa shape index (κ2) is 9.15. The molecule has 1 aliphatic rings. The Morgan fingerprint density at radius 3 is 2.76 bits per heavy atom. The lowest BCUT2D eigenvalue weighted by molar-refractivity contribution is -0.120. The van der Waals surface area contributed by atoms with E-state index in [1.54, 1.807) is 18.2 Å². The molecular weight excluding hydrogens is 412 g/mol. The molecule has 1 fully saturated rings. The van der Waals surface area contributed by atoms with E-state index in [0.717, 1.165) is 11.1 Å². The summed E-state index contributed by atoms with van der Waals surface area (Å²) in [5.41, 5.74) is 2.20. The number of carbonyl (C=O) groups is 1.